The molecule has 4 rings (SSSR count). The molecular formula is C26H20ClFN2O4S. The summed E-state index contributed by atoms with van der Waals surface area (Å²) in [5.74, 6) is -1.08. The number of benzene rings is 3. The Labute approximate surface area is 210 Å². The van der Waals surface area contributed by atoms with E-state index in [-0.39, 0.29) is 23.9 Å². The lowest BCUT2D eigenvalue weighted by Crippen LogP contribution is -2.28. The van der Waals surface area contributed by atoms with E-state index < -0.39 is 5.97 Å². The fourth-order valence-electron chi connectivity index (χ4n) is 3.32. The Balaban J connectivity index is 1.51. The van der Waals surface area contributed by atoms with E-state index in [0.29, 0.717) is 44.2 Å². The van der Waals surface area contributed by atoms with E-state index in [0.717, 1.165) is 0 Å². The van der Waals surface area contributed by atoms with Gasteiger partial charge in [0, 0.05) is 6.54 Å². The molecule has 1 amide bonds. The molecule has 1 aliphatic heterocycles. The fourth-order valence-corrected chi connectivity index (χ4v) is 4.63. The van der Waals surface area contributed by atoms with Crippen LogP contribution in [0.1, 0.15) is 28.4 Å². The summed E-state index contributed by atoms with van der Waals surface area (Å²) >= 11 is 7.61. The van der Waals surface area contributed by atoms with Gasteiger partial charge in [-0.25, -0.2) is 14.2 Å². The van der Waals surface area contributed by atoms with Crippen molar-refractivity contribution in [1.29, 1.82) is 0 Å². The number of amides is 1. The number of likely N-dealkylation sites (N-methyl/N-ethyl adjacent to an activating group) is 1. The highest BCUT2D eigenvalue weighted by atomic mass is 35.5. The van der Waals surface area contributed by atoms with Gasteiger partial charge in [0.25, 0.3) is 5.91 Å². The summed E-state index contributed by atoms with van der Waals surface area (Å²) in [6.45, 7) is 2.46. The SMILES string of the molecule is CCN1C(=O)/C(=C/c2ccc(OCc3cccc(F)c3)c(Cl)c2)SC1=Nc1ccc(C(=O)O)cc1. The zero-order valence-corrected chi connectivity index (χ0v) is 20.1. The molecule has 0 atom stereocenters. The number of carboxylic acid groups (broad SMARTS) is 1. The van der Waals surface area contributed by atoms with Crippen molar-refractivity contribution in [2.24, 2.45) is 4.99 Å². The van der Waals surface area contributed by atoms with Gasteiger partial charge in [0.05, 0.1) is 21.2 Å². The molecule has 9 heteroatoms. The van der Waals surface area contributed by atoms with E-state index in [2.05, 4.69) is 4.99 Å². The number of carbonyl (C=O) groups excluding carboxylic acids is 1. The van der Waals surface area contributed by atoms with E-state index in [1.165, 1.54) is 36.0 Å². The molecule has 1 N–H and O–H groups in total. The number of aliphatic imine (C=N–C) groups is 1. The fraction of sp³-hybridized carbons (Fsp3) is 0.115. The van der Waals surface area contributed by atoms with Crippen LogP contribution in [0.4, 0.5) is 10.1 Å². The number of aromatic carboxylic acids is 1. The van der Waals surface area contributed by atoms with Gasteiger partial charge in [-0.3, -0.25) is 9.69 Å². The monoisotopic (exact) mass is 510 g/mol. The smallest absolute Gasteiger partial charge is 0.335 e. The summed E-state index contributed by atoms with van der Waals surface area (Å²) in [7, 11) is 0. The number of hydrogen-bond donors (Lipinski definition) is 1. The van der Waals surface area contributed by atoms with Crippen LogP contribution in [-0.2, 0) is 11.4 Å². The van der Waals surface area contributed by atoms with Crippen LogP contribution in [0.5, 0.6) is 5.75 Å². The highest BCUT2D eigenvalue weighted by Gasteiger charge is 2.32. The number of nitrogens with zero attached hydrogens (tertiary/aromatic N) is 2. The third kappa shape index (κ3) is 5.90. The van der Waals surface area contributed by atoms with Crippen LogP contribution in [0.25, 0.3) is 6.08 Å². The average molecular weight is 511 g/mol. The Kier molecular flexibility index (Phi) is 7.53. The Morgan fingerprint density at radius 1 is 1.17 bits per heavy atom. The van der Waals surface area contributed by atoms with Gasteiger partial charge in [-0.15, -0.1) is 0 Å². The molecule has 178 valence electrons. The van der Waals surface area contributed by atoms with Gasteiger partial charge >= 0.3 is 5.97 Å². The number of halogens is 2. The number of carbonyl (C=O) groups is 2. The molecule has 0 aromatic heterocycles. The molecule has 0 unspecified atom stereocenters. The highest BCUT2D eigenvalue weighted by molar-refractivity contribution is 8.18. The van der Waals surface area contributed by atoms with Crippen LogP contribution < -0.4 is 4.74 Å². The third-order valence-electron chi connectivity index (χ3n) is 5.08. The molecule has 1 aliphatic rings. The minimum atomic E-state index is -1.01. The van der Waals surface area contributed by atoms with Crippen molar-refractivity contribution >= 4 is 52.2 Å². The number of carboxylic acids is 1. The molecule has 3 aromatic rings. The van der Waals surface area contributed by atoms with E-state index in [1.54, 1.807) is 53.4 Å². The van der Waals surface area contributed by atoms with Crippen molar-refractivity contribution in [2.45, 2.75) is 13.5 Å². The zero-order chi connectivity index (χ0) is 24.9. The van der Waals surface area contributed by atoms with E-state index in [9.17, 15) is 14.0 Å². The maximum atomic E-state index is 13.3. The molecular weight excluding hydrogens is 491 g/mol. The largest absolute Gasteiger partial charge is 0.487 e. The average Bonchev–Trinajstić information content (AvgIpc) is 3.12. The Morgan fingerprint density at radius 3 is 2.60 bits per heavy atom. The van der Waals surface area contributed by atoms with Gasteiger partial charge in [-0.1, -0.05) is 29.8 Å². The van der Waals surface area contributed by atoms with Crippen molar-refractivity contribution in [1.82, 2.24) is 4.90 Å². The Hall–Kier alpha value is -3.62. The number of thioether (sulfide) groups is 1. The van der Waals surface area contributed by atoms with Gasteiger partial charge in [-0.05, 0) is 84.4 Å². The molecule has 0 saturated carbocycles. The maximum Gasteiger partial charge on any atom is 0.335 e. The molecule has 0 bridgehead atoms. The molecule has 3 aromatic carbocycles. The van der Waals surface area contributed by atoms with Crippen LogP contribution in [0.15, 0.2) is 76.6 Å². The minimum absolute atomic E-state index is 0.164. The highest BCUT2D eigenvalue weighted by Crippen LogP contribution is 2.35. The second-order valence-corrected chi connectivity index (χ2v) is 8.93. The first-order valence-corrected chi connectivity index (χ1v) is 11.8. The van der Waals surface area contributed by atoms with Crippen molar-refractivity contribution in [3.8, 4) is 5.75 Å². The molecule has 1 saturated heterocycles. The first-order valence-electron chi connectivity index (χ1n) is 10.6. The van der Waals surface area contributed by atoms with Gasteiger partial charge in [0.15, 0.2) is 5.17 Å². The number of hydrogen-bond acceptors (Lipinski definition) is 5. The van der Waals surface area contributed by atoms with Crippen molar-refractivity contribution < 1.29 is 23.8 Å². The number of ether oxygens (including phenoxy) is 1. The van der Waals surface area contributed by atoms with Crippen LogP contribution in [0.3, 0.4) is 0 Å². The third-order valence-corrected chi connectivity index (χ3v) is 6.38. The summed E-state index contributed by atoms with van der Waals surface area (Å²) < 4.78 is 19.1. The van der Waals surface area contributed by atoms with Crippen LogP contribution >= 0.6 is 23.4 Å². The standard InChI is InChI=1S/C26H20ClFN2O4S/c1-2-30-24(31)23(35-26(30)29-20-9-7-18(8-10-20)25(32)33)14-16-6-11-22(21(27)13-16)34-15-17-4-3-5-19(28)12-17/h3-14H,2,15H2,1H3,(H,32,33)/b23-14-,29-26?. The zero-order valence-electron chi connectivity index (χ0n) is 18.6. The quantitative estimate of drug-likeness (QED) is 0.373. The van der Waals surface area contributed by atoms with Gasteiger partial charge in [0.1, 0.15) is 18.2 Å². The molecule has 35 heavy (non-hydrogen) atoms. The molecule has 0 radical (unpaired) electrons. The number of rotatable bonds is 7. The maximum absolute atomic E-state index is 13.3. The molecule has 1 heterocycles. The summed E-state index contributed by atoms with van der Waals surface area (Å²) in [5, 5.41) is 9.92. The van der Waals surface area contributed by atoms with Crippen LogP contribution in [0.2, 0.25) is 5.02 Å². The summed E-state index contributed by atoms with van der Waals surface area (Å²) in [5.41, 5.74) is 2.11. The summed E-state index contributed by atoms with van der Waals surface area (Å²) in [4.78, 5) is 30.5. The molecule has 0 spiro atoms. The lowest BCUT2D eigenvalue weighted by Gasteiger charge is -2.12. The van der Waals surface area contributed by atoms with Gasteiger partial charge in [0.2, 0.25) is 0 Å². The van der Waals surface area contributed by atoms with Crippen LogP contribution in [0, 0.1) is 5.82 Å². The predicted octanol–water partition coefficient (Wildman–Crippen LogP) is 6.38. The molecule has 0 aliphatic carbocycles. The minimum Gasteiger partial charge on any atom is -0.487 e. The lowest BCUT2D eigenvalue weighted by atomic mass is 10.2. The lowest BCUT2D eigenvalue weighted by molar-refractivity contribution is -0.122. The van der Waals surface area contributed by atoms with Crippen molar-refractivity contribution in [2.75, 3.05) is 6.54 Å². The van der Waals surface area contributed by atoms with Crippen molar-refractivity contribution in [3.63, 3.8) is 0 Å². The van der Waals surface area contributed by atoms with Crippen LogP contribution in [-0.4, -0.2) is 33.6 Å². The first kappa shape index (κ1) is 24.5. The second-order valence-electron chi connectivity index (χ2n) is 7.51. The topological polar surface area (TPSA) is 79.2 Å². The van der Waals surface area contributed by atoms with Gasteiger partial charge in [-0.2, -0.15) is 0 Å². The predicted molar refractivity (Wildman–Crippen MR) is 136 cm³/mol. The first-order chi connectivity index (χ1) is 16.8. The van der Waals surface area contributed by atoms with E-state index >= 15 is 0 Å². The summed E-state index contributed by atoms with van der Waals surface area (Å²) in [6, 6.07) is 17.4. The van der Waals surface area contributed by atoms with E-state index in [4.69, 9.17) is 21.4 Å². The number of amidine groups is 1. The van der Waals surface area contributed by atoms with Crippen molar-refractivity contribution in [3.05, 3.63) is 99.2 Å². The normalized spacial score (nSPS) is 15.7. The Bertz CT molecular complexity index is 1340. The van der Waals surface area contributed by atoms with Gasteiger partial charge < -0.3 is 9.84 Å². The Morgan fingerprint density at radius 2 is 1.94 bits per heavy atom. The molecule has 1 fully saturated rings. The van der Waals surface area contributed by atoms with E-state index in [1.807, 2.05) is 6.92 Å². The molecule has 6 nitrogen and oxygen atoms in total. The summed E-state index contributed by atoms with van der Waals surface area (Å²) in [6.07, 6.45) is 1.73. The second kappa shape index (κ2) is 10.8.